The van der Waals surface area contributed by atoms with Gasteiger partial charge in [0.25, 0.3) is 0 Å². The van der Waals surface area contributed by atoms with Gasteiger partial charge in [0.15, 0.2) is 5.78 Å². The zero-order valence-electron chi connectivity index (χ0n) is 12.3. The summed E-state index contributed by atoms with van der Waals surface area (Å²) in [6.45, 7) is 4.07. The molecule has 1 heterocycles. The van der Waals surface area contributed by atoms with E-state index in [0.29, 0.717) is 10.6 Å². The smallest absolute Gasteiger partial charge is 0.195 e. The van der Waals surface area contributed by atoms with E-state index in [0.717, 1.165) is 22.0 Å². The second kappa shape index (κ2) is 5.05. The van der Waals surface area contributed by atoms with Gasteiger partial charge < -0.3 is 4.57 Å². The van der Waals surface area contributed by atoms with Crippen molar-refractivity contribution in [2.75, 3.05) is 0 Å². The number of aromatic nitrogens is 1. The number of hydrogen-bond acceptors (Lipinski definition) is 1. The van der Waals surface area contributed by atoms with Crippen LogP contribution in [0.2, 0.25) is 5.02 Å². The molecule has 21 heavy (non-hydrogen) atoms. The van der Waals surface area contributed by atoms with Crippen molar-refractivity contribution >= 4 is 28.3 Å². The summed E-state index contributed by atoms with van der Waals surface area (Å²) in [7, 11) is 1.93. The Hall–Kier alpha value is -2.06. The Morgan fingerprint density at radius 2 is 1.81 bits per heavy atom. The van der Waals surface area contributed by atoms with Gasteiger partial charge in [-0.2, -0.15) is 0 Å². The number of benzene rings is 2. The lowest BCUT2D eigenvalue weighted by Crippen LogP contribution is -2.01. The summed E-state index contributed by atoms with van der Waals surface area (Å²) in [5, 5.41) is 1.61. The number of halogens is 1. The molecule has 0 fully saturated rings. The Morgan fingerprint density at radius 1 is 1.05 bits per heavy atom. The van der Waals surface area contributed by atoms with E-state index < -0.39 is 0 Å². The molecule has 0 N–H and O–H groups in total. The van der Waals surface area contributed by atoms with Gasteiger partial charge >= 0.3 is 0 Å². The van der Waals surface area contributed by atoms with E-state index in [-0.39, 0.29) is 5.78 Å². The first kappa shape index (κ1) is 13.9. The maximum atomic E-state index is 12.8. The standard InChI is InChI=1S/C18H16ClNO/c1-11-4-5-13(8-12(11)2)18(21)16-10-20(3)17-9-14(19)6-7-15(16)17/h4-10H,1-3H3. The predicted octanol–water partition coefficient (Wildman–Crippen LogP) is 4.68. The normalized spacial score (nSPS) is 11.0. The van der Waals surface area contributed by atoms with Gasteiger partial charge in [-0.25, -0.2) is 0 Å². The van der Waals surface area contributed by atoms with E-state index in [2.05, 4.69) is 0 Å². The van der Waals surface area contributed by atoms with E-state index >= 15 is 0 Å². The van der Waals surface area contributed by atoms with E-state index in [9.17, 15) is 4.79 Å². The van der Waals surface area contributed by atoms with Crippen molar-refractivity contribution in [2.45, 2.75) is 13.8 Å². The maximum Gasteiger partial charge on any atom is 0.195 e. The molecule has 106 valence electrons. The quantitative estimate of drug-likeness (QED) is 0.630. The zero-order valence-corrected chi connectivity index (χ0v) is 13.0. The summed E-state index contributed by atoms with van der Waals surface area (Å²) >= 11 is 6.04. The van der Waals surface area contributed by atoms with Crippen molar-refractivity contribution in [1.29, 1.82) is 0 Å². The molecule has 0 atom stereocenters. The van der Waals surface area contributed by atoms with Crippen LogP contribution >= 0.6 is 11.6 Å². The first-order chi connectivity index (χ1) is 9.97. The first-order valence-corrected chi connectivity index (χ1v) is 7.21. The number of hydrogen-bond donors (Lipinski definition) is 0. The number of ketones is 1. The number of nitrogens with zero attached hydrogens (tertiary/aromatic N) is 1. The molecule has 0 spiro atoms. The minimum atomic E-state index is 0.0472. The number of aryl methyl sites for hydroxylation is 3. The summed E-state index contributed by atoms with van der Waals surface area (Å²) in [5.41, 5.74) is 4.73. The second-order valence-corrected chi connectivity index (χ2v) is 5.88. The molecule has 0 saturated heterocycles. The summed E-state index contributed by atoms with van der Waals surface area (Å²) in [6, 6.07) is 11.4. The summed E-state index contributed by atoms with van der Waals surface area (Å²) in [6.07, 6.45) is 1.87. The third-order valence-electron chi connectivity index (χ3n) is 3.97. The predicted molar refractivity (Wildman–Crippen MR) is 87.3 cm³/mol. The zero-order chi connectivity index (χ0) is 15.1. The van der Waals surface area contributed by atoms with Crippen molar-refractivity contribution in [2.24, 2.45) is 7.05 Å². The molecule has 2 nitrogen and oxygen atoms in total. The average molecular weight is 298 g/mol. The molecule has 0 aliphatic rings. The van der Waals surface area contributed by atoms with Crippen LogP contribution in [0.15, 0.2) is 42.6 Å². The molecule has 3 heteroatoms. The van der Waals surface area contributed by atoms with Crippen molar-refractivity contribution in [3.05, 3.63) is 69.9 Å². The van der Waals surface area contributed by atoms with E-state index in [1.165, 1.54) is 5.56 Å². The fourth-order valence-electron chi connectivity index (χ4n) is 2.58. The highest BCUT2D eigenvalue weighted by Gasteiger charge is 2.16. The Morgan fingerprint density at radius 3 is 2.52 bits per heavy atom. The number of carbonyl (C=O) groups excluding carboxylic acids is 1. The van der Waals surface area contributed by atoms with Crippen LogP contribution in [-0.2, 0) is 7.05 Å². The van der Waals surface area contributed by atoms with Gasteiger partial charge in [-0.05, 0) is 43.2 Å². The van der Waals surface area contributed by atoms with Crippen LogP contribution in [0, 0.1) is 13.8 Å². The third kappa shape index (κ3) is 2.36. The van der Waals surface area contributed by atoms with Crippen LogP contribution in [0.5, 0.6) is 0 Å². The molecule has 0 bridgehead atoms. The Labute approximate surface area is 129 Å². The van der Waals surface area contributed by atoms with Crippen molar-refractivity contribution in [3.63, 3.8) is 0 Å². The largest absolute Gasteiger partial charge is 0.350 e. The van der Waals surface area contributed by atoms with E-state index in [1.54, 1.807) is 0 Å². The monoisotopic (exact) mass is 297 g/mol. The highest BCUT2D eigenvalue weighted by Crippen LogP contribution is 2.26. The van der Waals surface area contributed by atoms with E-state index in [1.807, 2.05) is 68.1 Å². The van der Waals surface area contributed by atoms with Gasteiger partial charge in [0, 0.05) is 40.3 Å². The molecule has 0 radical (unpaired) electrons. The van der Waals surface area contributed by atoms with Gasteiger partial charge in [-0.1, -0.05) is 29.8 Å². The highest BCUT2D eigenvalue weighted by molar-refractivity contribution is 6.31. The average Bonchev–Trinajstić information content (AvgIpc) is 2.78. The van der Waals surface area contributed by atoms with Crippen LogP contribution in [0.3, 0.4) is 0 Å². The van der Waals surface area contributed by atoms with Crippen molar-refractivity contribution in [3.8, 4) is 0 Å². The SMILES string of the molecule is Cc1ccc(C(=O)c2cn(C)c3cc(Cl)ccc23)cc1C. The van der Waals surface area contributed by atoms with Gasteiger partial charge in [-0.15, -0.1) is 0 Å². The van der Waals surface area contributed by atoms with Crippen molar-refractivity contribution in [1.82, 2.24) is 4.57 Å². The molecule has 0 aliphatic heterocycles. The van der Waals surface area contributed by atoms with Crippen LogP contribution in [-0.4, -0.2) is 10.4 Å². The molecular formula is C18H16ClNO. The lowest BCUT2D eigenvalue weighted by molar-refractivity contribution is 0.104. The topological polar surface area (TPSA) is 22.0 Å². The van der Waals surface area contributed by atoms with E-state index in [4.69, 9.17) is 11.6 Å². The summed E-state index contributed by atoms with van der Waals surface area (Å²) in [5.74, 6) is 0.0472. The summed E-state index contributed by atoms with van der Waals surface area (Å²) < 4.78 is 1.94. The fourth-order valence-corrected chi connectivity index (χ4v) is 2.74. The molecule has 0 aliphatic carbocycles. The number of fused-ring (bicyclic) bond motifs is 1. The summed E-state index contributed by atoms with van der Waals surface area (Å²) in [4.78, 5) is 12.8. The molecule has 2 aromatic carbocycles. The Kier molecular flexibility index (Phi) is 3.34. The fraction of sp³-hybridized carbons (Fsp3) is 0.167. The van der Waals surface area contributed by atoms with Gasteiger partial charge in [0.05, 0.1) is 0 Å². The number of rotatable bonds is 2. The van der Waals surface area contributed by atoms with Crippen LogP contribution in [0.4, 0.5) is 0 Å². The van der Waals surface area contributed by atoms with Crippen LogP contribution in [0.1, 0.15) is 27.0 Å². The van der Waals surface area contributed by atoms with Crippen molar-refractivity contribution < 1.29 is 4.79 Å². The van der Waals surface area contributed by atoms with Gasteiger partial charge in [0.1, 0.15) is 0 Å². The molecule has 0 unspecified atom stereocenters. The van der Waals surface area contributed by atoms with Crippen LogP contribution < -0.4 is 0 Å². The minimum Gasteiger partial charge on any atom is -0.350 e. The maximum absolute atomic E-state index is 12.8. The molecule has 0 amide bonds. The Balaban J connectivity index is 2.15. The van der Waals surface area contributed by atoms with Crippen LogP contribution in [0.25, 0.3) is 10.9 Å². The second-order valence-electron chi connectivity index (χ2n) is 5.44. The lowest BCUT2D eigenvalue weighted by Gasteiger charge is -2.04. The lowest BCUT2D eigenvalue weighted by atomic mass is 9.99. The third-order valence-corrected chi connectivity index (χ3v) is 4.20. The van der Waals surface area contributed by atoms with Gasteiger partial charge in [-0.3, -0.25) is 4.79 Å². The molecule has 3 aromatic rings. The minimum absolute atomic E-state index is 0.0472. The molecule has 1 aromatic heterocycles. The molecule has 3 rings (SSSR count). The highest BCUT2D eigenvalue weighted by atomic mass is 35.5. The Bertz CT molecular complexity index is 861. The molecule has 0 saturated carbocycles. The van der Waals surface area contributed by atoms with Gasteiger partial charge in [0.2, 0.25) is 0 Å². The molecular weight excluding hydrogens is 282 g/mol. The first-order valence-electron chi connectivity index (χ1n) is 6.84. The number of carbonyl (C=O) groups is 1.